The standard InChI is InChI=1S/C12H20O2/c1-11(2)6-9(5-10(13)14)7-12(3,4)8-11/h5H,6-8H2,1-4H3,(H,13,14). The van der Waals surface area contributed by atoms with Crippen molar-refractivity contribution in [3.8, 4) is 0 Å². The van der Waals surface area contributed by atoms with E-state index in [2.05, 4.69) is 27.7 Å². The molecule has 0 saturated heterocycles. The smallest absolute Gasteiger partial charge is 0.328 e. The Morgan fingerprint density at radius 3 is 2.00 bits per heavy atom. The van der Waals surface area contributed by atoms with E-state index in [0.29, 0.717) is 0 Å². The van der Waals surface area contributed by atoms with E-state index < -0.39 is 5.97 Å². The van der Waals surface area contributed by atoms with E-state index in [-0.39, 0.29) is 10.8 Å². The van der Waals surface area contributed by atoms with Crippen LogP contribution >= 0.6 is 0 Å². The molecule has 0 radical (unpaired) electrons. The quantitative estimate of drug-likeness (QED) is 0.654. The highest BCUT2D eigenvalue weighted by atomic mass is 16.4. The van der Waals surface area contributed by atoms with Gasteiger partial charge in [-0.25, -0.2) is 4.79 Å². The van der Waals surface area contributed by atoms with Crippen LogP contribution in [-0.2, 0) is 4.79 Å². The fraction of sp³-hybridized carbons (Fsp3) is 0.750. The maximum absolute atomic E-state index is 10.6. The Balaban J connectivity index is 2.87. The van der Waals surface area contributed by atoms with E-state index in [0.717, 1.165) is 24.8 Å². The number of carbonyl (C=O) groups is 1. The lowest BCUT2D eigenvalue weighted by molar-refractivity contribution is -0.131. The lowest BCUT2D eigenvalue weighted by Crippen LogP contribution is -2.30. The number of hydrogen-bond acceptors (Lipinski definition) is 1. The van der Waals surface area contributed by atoms with Crippen LogP contribution < -0.4 is 0 Å². The topological polar surface area (TPSA) is 37.3 Å². The maximum Gasteiger partial charge on any atom is 0.328 e. The van der Waals surface area contributed by atoms with E-state index in [1.165, 1.54) is 6.08 Å². The third kappa shape index (κ3) is 3.17. The van der Waals surface area contributed by atoms with Crippen LogP contribution in [0.5, 0.6) is 0 Å². The van der Waals surface area contributed by atoms with Gasteiger partial charge in [-0.3, -0.25) is 0 Å². The molecule has 0 atom stereocenters. The first-order valence-electron chi connectivity index (χ1n) is 5.13. The fourth-order valence-electron chi connectivity index (χ4n) is 2.99. The second-order valence-corrected chi connectivity index (χ2v) is 6.00. The van der Waals surface area contributed by atoms with Crippen LogP contribution in [0.25, 0.3) is 0 Å². The first-order chi connectivity index (χ1) is 6.20. The average molecular weight is 196 g/mol. The minimum absolute atomic E-state index is 0.239. The molecular weight excluding hydrogens is 176 g/mol. The van der Waals surface area contributed by atoms with Crippen molar-refractivity contribution in [2.24, 2.45) is 10.8 Å². The highest BCUT2D eigenvalue weighted by Crippen LogP contribution is 2.47. The van der Waals surface area contributed by atoms with Gasteiger partial charge >= 0.3 is 5.97 Å². The molecule has 1 aliphatic carbocycles. The largest absolute Gasteiger partial charge is 0.478 e. The predicted molar refractivity (Wildman–Crippen MR) is 57.1 cm³/mol. The number of carboxylic acids is 1. The Hall–Kier alpha value is -0.790. The van der Waals surface area contributed by atoms with E-state index in [4.69, 9.17) is 5.11 Å². The number of hydrogen-bond donors (Lipinski definition) is 1. The molecule has 2 nitrogen and oxygen atoms in total. The minimum atomic E-state index is -0.812. The summed E-state index contributed by atoms with van der Waals surface area (Å²) in [6.45, 7) is 8.85. The van der Waals surface area contributed by atoms with Crippen molar-refractivity contribution >= 4 is 5.97 Å². The molecule has 0 amide bonds. The van der Waals surface area contributed by atoms with Gasteiger partial charge in [-0.15, -0.1) is 0 Å². The summed E-state index contributed by atoms with van der Waals surface area (Å²) in [5.41, 5.74) is 1.56. The molecule has 0 unspecified atom stereocenters. The van der Waals surface area contributed by atoms with Gasteiger partial charge in [-0.05, 0) is 30.1 Å². The summed E-state index contributed by atoms with van der Waals surface area (Å²) in [6.07, 6.45) is 4.39. The van der Waals surface area contributed by atoms with Gasteiger partial charge in [0.25, 0.3) is 0 Å². The van der Waals surface area contributed by atoms with Gasteiger partial charge in [0.1, 0.15) is 0 Å². The first kappa shape index (κ1) is 11.3. The molecule has 1 rings (SSSR count). The zero-order valence-corrected chi connectivity index (χ0v) is 9.55. The van der Waals surface area contributed by atoms with Gasteiger partial charge in [0.15, 0.2) is 0 Å². The number of rotatable bonds is 1. The van der Waals surface area contributed by atoms with E-state index >= 15 is 0 Å². The second-order valence-electron chi connectivity index (χ2n) is 6.00. The minimum Gasteiger partial charge on any atom is -0.478 e. The van der Waals surface area contributed by atoms with Crippen molar-refractivity contribution in [1.82, 2.24) is 0 Å². The monoisotopic (exact) mass is 196 g/mol. The van der Waals surface area contributed by atoms with Crippen molar-refractivity contribution in [2.75, 3.05) is 0 Å². The third-order valence-electron chi connectivity index (χ3n) is 2.70. The molecule has 0 aliphatic heterocycles. The Labute approximate surface area is 86.0 Å². The molecule has 0 bridgehead atoms. The highest BCUT2D eigenvalue weighted by molar-refractivity contribution is 5.80. The molecule has 2 heteroatoms. The van der Waals surface area contributed by atoms with Crippen molar-refractivity contribution in [1.29, 1.82) is 0 Å². The summed E-state index contributed by atoms with van der Waals surface area (Å²) in [4.78, 5) is 10.6. The van der Waals surface area contributed by atoms with Crippen LogP contribution in [0.2, 0.25) is 0 Å². The van der Waals surface area contributed by atoms with Crippen LogP contribution in [0.15, 0.2) is 11.6 Å². The molecule has 0 heterocycles. The van der Waals surface area contributed by atoms with Gasteiger partial charge in [0.05, 0.1) is 0 Å². The predicted octanol–water partition coefficient (Wildman–Crippen LogP) is 3.23. The second kappa shape index (κ2) is 3.41. The van der Waals surface area contributed by atoms with Gasteiger partial charge < -0.3 is 5.11 Å². The molecule has 80 valence electrons. The fourth-order valence-corrected chi connectivity index (χ4v) is 2.99. The Bertz CT molecular complexity index is 254. The van der Waals surface area contributed by atoms with Gasteiger partial charge in [-0.2, -0.15) is 0 Å². The Morgan fingerprint density at radius 1 is 1.21 bits per heavy atom. The van der Waals surface area contributed by atoms with Crippen LogP contribution in [0, 0.1) is 10.8 Å². The number of aliphatic carboxylic acids is 1. The van der Waals surface area contributed by atoms with E-state index in [9.17, 15) is 4.79 Å². The zero-order valence-electron chi connectivity index (χ0n) is 9.55. The normalized spacial score (nSPS) is 24.4. The molecule has 1 aliphatic rings. The molecule has 1 saturated carbocycles. The SMILES string of the molecule is CC1(C)CC(=CC(=O)O)CC(C)(C)C1. The summed E-state index contributed by atoms with van der Waals surface area (Å²) >= 11 is 0. The van der Waals surface area contributed by atoms with Crippen LogP contribution in [0.4, 0.5) is 0 Å². The van der Waals surface area contributed by atoms with Crippen LogP contribution in [0.1, 0.15) is 47.0 Å². The molecular formula is C12H20O2. The summed E-state index contributed by atoms with van der Waals surface area (Å²) in [7, 11) is 0. The zero-order chi connectivity index (χ0) is 11.0. The summed E-state index contributed by atoms with van der Waals surface area (Å²) in [5, 5.41) is 8.73. The summed E-state index contributed by atoms with van der Waals surface area (Å²) < 4.78 is 0. The Morgan fingerprint density at radius 2 is 1.64 bits per heavy atom. The van der Waals surface area contributed by atoms with Crippen molar-refractivity contribution in [2.45, 2.75) is 47.0 Å². The lowest BCUT2D eigenvalue weighted by atomic mass is 9.63. The maximum atomic E-state index is 10.6. The van der Waals surface area contributed by atoms with Crippen LogP contribution in [0.3, 0.4) is 0 Å². The van der Waals surface area contributed by atoms with Crippen molar-refractivity contribution in [3.63, 3.8) is 0 Å². The molecule has 1 N–H and O–H groups in total. The Kier molecular flexibility index (Phi) is 2.75. The molecule has 14 heavy (non-hydrogen) atoms. The summed E-state index contributed by atoms with van der Waals surface area (Å²) in [6, 6.07) is 0. The van der Waals surface area contributed by atoms with Gasteiger partial charge in [0, 0.05) is 6.08 Å². The summed E-state index contributed by atoms with van der Waals surface area (Å²) in [5.74, 6) is -0.812. The third-order valence-corrected chi connectivity index (χ3v) is 2.70. The lowest BCUT2D eigenvalue weighted by Gasteiger charge is -2.42. The highest BCUT2D eigenvalue weighted by Gasteiger charge is 2.35. The first-order valence-corrected chi connectivity index (χ1v) is 5.13. The van der Waals surface area contributed by atoms with Crippen molar-refractivity contribution < 1.29 is 9.90 Å². The number of allylic oxidation sites excluding steroid dienone is 1. The van der Waals surface area contributed by atoms with Crippen LogP contribution in [-0.4, -0.2) is 11.1 Å². The van der Waals surface area contributed by atoms with Crippen molar-refractivity contribution in [3.05, 3.63) is 11.6 Å². The molecule has 0 aromatic carbocycles. The van der Waals surface area contributed by atoms with E-state index in [1.54, 1.807) is 0 Å². The van der Waals surface area contributed by atoms with E-state index in [1.807, 2.05) is 0 Å². The average Bonchev–Trinajstić information content (AvgIpc) is 1.74. The number of carboxylic acid groups (broad SMARTS) is 1. The molecule has 0 aromatic rings. The van der Waals surface area contributed by atoms with Gasteiger partial charge in [-0.1, -0.05) is 33.3 Å². The molecule has 0 spiro atoms. The molecule has 1 fully saturated rings. The molecule has 0 aromatic heterocycles. The van der Waals surface area contributed by atoms with Gasteiger partial charge in [0.2, 0.25) is 0 Å².